The van der Waals surface area contributed by atoms with Gasteiger partial charge in [0.15, 0.2) is 0 Å². The number of amides is 4. The number of imide groups is 1. The van der Waals surface area contributed by atoms with E-state index in [-0.39, 0.29) is 24.3 Å². The number of benzene rings is 1. The third kappa shape index (κ3) is 3.21. The Morgan fingerprint density at radius 1 is 1.21 bits per heavy atom. The molecule has 1 N–H and O–H groups in total. The highest BCUT2D eigenvalue weighted by molar-refractivity contribution is 6.09. The van der Waals surface area contributed by atoms with Gasteiger partial charge in [0.25, 0.3) is 5.91 Å². The van der Waals surface area contributed by atoms with E-state index < -0.39 is 11.6 Å². The summed E-state index contributed by atoms with van der Waals surface area (Å²) < 4.78 is 0. The topological polar surface area (TPSA) is 69.7 Å². The van der Waals surface area contributed by atoms with E-state index in [1.807, 2.05) is 25.1 Å². The minimum atomic E-state index is -0.808. The summed E-state index contributed by atoms with van der Waals surface area (Å²) in [6, 6.07) is 9.72. The fourth-order valence-corrected chi connectivity index (χ4v) is 4.68. The van der Waals surface area contributed by atoms with Gasteiger partial charge in [-0.1, -0.05) is 56.2 Å². The van der Waals surface area contributed by atoms with Gasteiger partial charge in [0.05, 0.1) is 0 Å². The molecule has 4 rings (SSSR count). The highest BCUT2D eigenvalue weighted by Crippen LogP contribution is 2.38. The molecule has 1 aromatic carbocycles. The smallest absolute Gasteiger partial charge is 0.325 e. The Morgan fingerprint density at radius 2 is 2.00 bits per heavy atom. The van der Waals surface area contributed by atoms with Crippen molar-refractivity contribution in [2.45, 2.75) is 44.6 Å². The van der Waals surface area contributed by atoms with E-state index in [1.54, 1.807) is 4.90 Å². The van der Waals surface area contributed by atoms with E-state index in [2.05, 4.69) is 23.5 Å². The first kappa shape index (κ1) is 18.7. The zero-order chi connectivity index (χ0) is 19.7. The zero-order valence-corrected chi connectivity index (χ0v) is 16.3. The first-order valence-electron chi connectivity index (χ1n) is 10.2. The average Bonchev–Trinajstić information content (AvgIpc) is 2.96. The van der Waals surface area contributed by atoms with E-state index in [9.17, 15) is 14.4 Å². The maximum Gasteiger partial charge on any atom is 0.325 e. The van der Waals surface area contributed by atoms with E-state index in [4.69, 9.17) is 0 Å². The van der Waals surface area contributed by atoms with Crippen molar-refractivity contribution >= 4 is 23.4 Å². The van der Waals surface area contributed by atoms with Crippen molar-refractivity contribution < 1.29 is 14.4 Å². The summed E-state index contributed by atoms with van der Waals surface area (Å²) in [5.74, 6) is -0.299. The summed E-state index contributed by atoms with van der Waals surface area (Å²) in [7, 11) is 0. The Balaban J connectivity index is 1.41. The van der Waals surface area contributed by atoms with E-state index in [1.165, 1.54) is 11.1 Å². The molecule has 0 unspecified atom stereocenters. The lowest BCUT2D eigenvalue weighted by molar-refractivity contribution is -0.140. The van der Waals surface area contributed by atoms with Crippen molar-refractivity contribution in [3.63, 3.8) is 0 Å². The first-order valence-corrected chi connectivity index (χ1v) is 10.2. The van der Waals surface area contributed by atoms with Crippen LogP contribution >= 0.6 is 0 Å². The average molecular weight is 381 g/mol. The van der Waals surface area contributed by atoms with Crippen LogP contribution in [0.1, 0.15) is 44.6 Å². The Bertz CT molecular complexity index is 820. The highest BCUT2D eigenvalue weighted by Gasteiger charge is 2.55. The van der Waals surface area contributed by atoms with Gasteiger partial charge in [-0.25, -0.2) is 4.79 Å². The normalized spacial score (nSPS) is 27.8. The first-order chi connectivity index (χ1) is 13.5. The summed E-state index contributed by atoms with van der Waals surface area (Å²) in [4.78, 5) is 41.1. The van der Waals surface area contributed by atoms with Gasteiger partial charge >= 0.3 is 6.03 Å². The second kappa shape index (κ2) is 7.41. The number of carbonyl (C=O) groups excluding carboxylic acids is 3. The van der Waals surface area contributed by atoms with Crippen molar-refractivity contribution in [1.82, 2.24) is 15.1 Å². The molecule has 6 nitrogen and oxygen atoms in total. The van der Waals surface area contributed by atoms with Gasteiger partial charge in [-0.3, -0.25) is 14.5 Å². The summed E-state index contributed by atoms with van der Waals surface area (Å²) in [6.45, 7) is 2.95. The molecule has 4 amide bonds. The summed E-state index contributed by atoms with van der Waals surface area (Å²) in [5, 5.41) is 2.91. The molecule has 6 heteroatoms. The van der Waals surface area contributed by atoms with Crippen LogP contribution in [-0.4, -0.2) is 52.8 Å². The standard InChI is InChI=1S/C22H27N3O3/c1-16-7-5-6-12-22(16)20(27)25(21(28)23-22)15-19(26)24-13-10-18(11-14-24)17-8-3-2-4-9-17/h2-4,8-10,16H,5-7,11-15H2,1H3,(H,23,28)/t16-,22-/m1/s1. The zero-order valence-electron chi connectivity index (χ0n) is 16.3. The van der Waals surface area contributed by atoms with Gasteiger partial charge in [-0.15, -0.1) is 0 Å². The lowest BCUT2D eigenvalue weighted by atomic mass is 9.73. The molecule has 2 heterocycles. The third-order valence-corrected chi connectivity index (χ3v) is 6.50. The lowest BCUT2D eigenvalue weighted by Crippen LogP contribution is -2.54. The molecule has 1 aliphatic carbocycles. The maximum atomic E-state index is 13.0. The molecule has 148 valence electrons. The molecule has 1 spiro atoms. The van der Waals surface area contributed by atoms with E-state index in [0.29, 0.717) is 19.5 Å². The largest absolute Gasteiger partial charge is 0.337 e. The number of nitrogens with zero attached hydrogens (tertiary/aromatic N) is 2. The van der Waals surface area contributed by atoms with Crippen LogP contribution in [-0.2, 0) is 9.59 Å². The van der Waals surface area contributed by atoms with Crippen LogP contribution in [0.4, 0.5) is 4.79 Å². The summed E-state index contributed by atoms with van der Waals surface area (Å²) in [5.41, 5.74) is 1.60. The van der Waals surface area contributed by atoms with Gasteiger partial charge in [0.1, 0.15) is 12.1 Å². The molecule has 0 aromatic heterocycles. The fourth-order valence-electron chi connectivity index (χ4n) is 4.68. The van der Waals surface area contributed by atoms with Gasteiger partial charge < -0.3 is 10.2 Å². The van der Waals surface area contributed by atoms with Crippen molar-refractivity contribution in [3.05, 3.63) is 42.0 Å². The number of rotatable bonds is 3. The molecular formula is C22H27N3O3. The van der Waals surface area contributed by atoms with E-state index >= 15 is 0 Å². The number of nitrogens with one attached hydrogen (secondary N) is 1. The molecule has 1 saturated heterocycles. The molecule has 2 fully saturated rings. The molecule has 1 saturated carbocycles. The molecule has 2 aliphatic heterocycles. The molecule has 28 heavy (non-hydrogen) atoms. The van der Waals surface area contributed by atoms with Gasteiger partial charge in [-0.2, -0.15) is 0 Å². The van der Waals surface area contributed by atoms with Crippen LogP contribution in [0, 0.1) is 5.92 Å². The quantitative estimate of drug-likeness (QED) is 0.819. The molecular weight excluding hydrogens is 354 g/mol. The van der Waals surface area contributed by atoms with Crippen LogP contribution < -0.4 is 5.32 Å². The molecule has 0 bridgehead atoms. The SMILES string of the molecule is C[C@@H]1CCCC[C@@]12NC(=O)N(CC(=O)N1CC=C(c3ccccc3)CC1)C2=O. The van der Waals surface area contributed by atoms with Crippen molar-refractivity contribution in [2.24, 2.45) is 5.92 Å². The van der Waals surface area contributed by atoms with Gasteiger partial charge in [0.2, 0.25) is 5.91 Å². The Labute approximate surface area is 165 Å². The number of hydrogen-bond donors (Lipinski definition) is 1. The van der Waals surface area contributed by atoms with Gasteiger partial charge in [-0.05, 0) is 36.3 Å². The monoisotopic (exact) mass is 381 g/mol. The maximum absolute atomic E-state index is 13.0. The summed E-state index contributed by atoms with van der Waals surface area (Å²) >= 11 is 0. The van der Waals surface area contributed by atoms with Crippen molar-refractivity contribution in [1.29, 1.82) is 0 Å². The predicted octanol–water partition coefficient (Wildman–Crippen LogP) is 2.80. The molecule has 3 aliphatic rings. The van der Waals surface area contributed by atoms with Crippen LogP contribution in [0.5, 0.6) is 0 Å². The van der Waals surface area contributed by atoms with Crippen LogP contribution in [0.3, 0.4) is 0 Å². The van der Waals surface area contributed by atoms with Crippen LogP contribution in [0.15, 0.2) is 36.4 Å². The second-order valence-electron chi connectivity index (χ2n) is 8.12. The third-order valence-electron chi connectivity index (χ3n) is 6.50. The highest BCUT2D eigenvalue weighted by atomic mass is 16.2. The lowest BCUT2D eigenvalue weighted by Gasteiger charge is -2.37. The van der Waals surface area contributed by atoms with Gasteiger partial charge in [0, 0.05) is 13.1 Å². The summed E-state index contributed by atoms with van der Waals surface area (Å²) in [6.07, 6.45) is 6.43. The molecule has 0 radical (unpaired) electrons. The van der Waals surface area contributed by atoms with Crippen molar-refractivity contribution in [3.8, 4) is 0 Å². The Hall–Kier alpha value is -2.63. The van der Waals surface area contributed by atoms with E-state index in [0.717, 1.165) is 30.6 Å². The number of urea groups is 1. The molecule has 2 atom stereocenters. The van der Waals surface area contributed by atoms with Crippen LogP contribution in [0.2, 0.25) is 0 Å². The Kier molecular flexibility index (Phi) is 4.96. The second-order valence-corrected chi connectivity index (χ2v) is 8.12. The van der Waals surface area contributed by atoms with Crippen LogP contribution in [0.25, 0.3) is 5.57 Å². The Morgan fingerprint density at radius 3 is 2.68 bits per heavy atom. The minimum absolute atomic E-state index is 0.101. The number of carbonyl (C=O) groups is 3. The molecule has 1 aromatic rings. The van der Waals surface area contributed by atoms with Crippen molar-refractivity contribution in [2.75, 3.05) is 19.6 Å². The number of hydrogen-bond acceptors (Lipinski definition) is 3. The fraction of sp³-hybridized carbons (Fsp3) is 0.500. The predicted molar refractivity (Wildman–Crippen MR) is 106 cm³/mol. The minimum Gasteiger partial charge on any atom is -0.337 e.